The van der Waals surface area contributed by atoms with Crippen molar-refractivity contribution < 1.29 is 4.79 Å². The SMILES string of the molecule is CCC(C)(C)CNC(=O)/C=C/c1ccc(N)cc1. The second-order valence-corrected chi connectivity index (χ2v) is 5.24. The number of amides is 1. The average molecular weight is 246 g/mol. The number of anilines is 1. The van der Waals surface area contributed by atoms with Crippen molar-refractivity contribution in [1.82, 2.24) is 5.32 Å². The summed E-state index contributed by atoms with van der Waals surface area (Å²) < 4.78 is 0. The Labute approximate surface area is 109 Å². The second-order valence-electron chi connectivity index (χ2n) is 5.24. The summed E-state index contributed by atoms with van der Waals surface area (Å²) in [5.74, 6) is -0.0617. The molecule has 1 aromatic rings. The van der Waals surface area contributed by atoms with Crippen molar-refractivity contribution in [3.63, 3.8) is 0 Å². The van der Waals surface area contributed by atoms with Crippen molar-refractivity contribution in [2.45, 2.75) is 27.2 Å². The van der Waals surface area contributed by atoms with Crippen LogP contribution in [0.1, 0.15) is 32.8 Å². The van der Waals surface area contributed by atoms with Crippen LogP contribution in [-0.2, 0) is 4.79 Å². The molecule has 0 atom stereocenters. The molecule has 0 unspecified atom stereocenters. The Morgan fingerprint density at radius 2 is 1.94 bits per heavy atom. The lowest BCUT2D eigenvalue weighted by molar-refractivity contribution is -0.116. The van der Waals surface area contributed by atoms with E-state index in [2.05, 4.69) is 26.1 Å². The fourth-order valence-electron chi connectivity index (χ4n) is 1.29. The van der Waals surface area contributed by atoms with Crippen molar-refractivity contribution in [1.29, 1.82) is 0 Å². The third-order valence-electron chi connectivity index (χ3n) is 3.06. The summed E-state index contributed by atoms with van der Waals surface area (Å²) in [7, 11) is 0. The summed E-state index contributed by atoms with van der Waals surface area (Å²) >= 11 is 0. The van der Waals surface area contributed by atoms with Crippen LogP contribution in [0.15, 0.2) is 30.3 Å². The Morgan fingerprint density at radius 1 is 1.33 bits per heavy atom. The minimum atomic E-state index is -0.0617. The second kappa shape index (κ2) is 6.24. The highest BCUT2D eigenvalue weighted by Gasteiger charge is 2.14. The standard InChI is InChI=1S/C15H22N2O/c1-4-15(2,3)11-17-14(18)10-7-12-5-8-13(16)9-6-12/h5-10H,4,11,16H2,1-3H3,(H,17,18)/b10-7+. The first-order valence-corrected chi connectivity index (χ1v) is 6.24. The highest BCUT2D eigenvalue weighted by molar-refractivity contribution is 5.91. The van der Waals surface area contributed by atoms with Crippen LogP contribution >= 0.6 is 0 Å². The maximum absolute atomic E-state index is 11.6. The Hall–Kier alpha value is -1.77. The van der Waals surface area contributed by atoms with Gasteiger partial charge in [0.1, 0.15) is 0 Å². The Morgan fingerprint density at radius 3 is 2.50 bits per heavy atom. The van der Waals surface area contributed by atoms with E-state index >= 15 is 0 Å². The Bertz CT molecular complexity index is 419. The summed E-state index contributed by atoms with van der Waals surface area (Å²) in [6.07, 6.45) is 4.37. The zero-order valence-corrected chi connectivity index (χ0v) is 11.4. The summed E-state index contributed by atoms with van der Waals surface area (Å²) in [6.45, 7) is 7.08. The third-order valence-corrected chi connectivity index (χ3v) is 3.06. The van der Waals surface area contributed by atoms with E-state index in [0.717, 1.165) is 17.7 Å². The molecule has 18 heavy (non-hydrogen) atoms. The number of hydrogen-bond acceptors (Lipinski definition) is 2. The number of nitrogens with two attached hydrogens (primary N) is 1. The van der Waals surface area contributed by atoms with E-state index in [0.29, 0.717) is 6.54 Å². The lowest BCUT2D eigenvalue weighted by Crippen LogP contribution is -2.32. The first-order chi connectivity index (χ1) is 8.43. The van der Waals surface area contributed by atoms with Gasteiger partial charge in [0, 0.05) is 18.3 Å². The maximum atomic E-state index is 11.6. The number of rotatable bonds is 5. The van der Waals surface area contributed by atoms with E-state index in [1.54, 1.807) is 12.2 Å². The number of carbonyl (C=O) groups is 1. The van der Waals surface area contributed by atoms with Gasteiger partial charge in [0.15, 0.2) is 0 Å². The van der Waals surface area contributed by atoms with Crippen molar-refractivity contribution in [2.75, 3.05) is 12.3 Å². The minimum absolute atomic E-state index is 0.0617. The van der Waals surface area contributed by atoms with Crippen LogP contribution in [-0.4, -0.2) is 12.5 Å². The molecule has 0 saturated carbocycles. The van der Waals surface area contributed by atoms with Gasteiger partial charge in [-0.15, -0.1) is 0 Å². The molecular weight excluding hydrogens is 224 g/mol. The van der Waals surface area contributed by atoms with Gasteiger partial charge in [-0.25, -0.2) is 0 Å². The molecule has 0 aromatic heterocycles. The third kappa shape index (κ3) is 5.04. The van der Waals surface area contributed by atoms with Crippen LogP contribution in [0.2, 0.25) is 0 Å². The molecule has 0 spiro atoms. The minimum Gasteiger partial charge on any atom is -0.399 e. The van der Waals surface area contributed by atoms with E-state index in [-0.39, 0.29) is 11.3 Å². The molecule has 0 heterocycles. The summed E-state index contributed by atoms with van der Waals surface area (Å²) in [5.41, 5.74) is 7.42. The van der Waals surface area contributed by atoms with Crippen molar-refractivity contribution in [2.24, 2.45) is 5.41 Å². The maximum Gasteiger partial charge on any atom is 0.244 e. The van der Waals surface area contributed by atoms with E-state index in [1.807, 2.05) is 24.3 Å². The van der Waals surface area contributed by atoms with Gasteiger partial charge in [0.25, 0.3) is 0 Å². The van der Waals surface area contributed by atoms with Crippen molar-refractivity contribution in [3.8, 4) is 0 Å². The fourth-order valence-corrected chi connectivity index (χ4v) is 1.29. The average Bonchev–Trinajstić information content (AvgIpc) is 2.36. The fraction of sp³-hybridized carbons (Fsp3) is 0.400. The van der Waals surface area contributed by atoms with Crippen LogP contribution in [0.5, 0.6) is 0 Å². The molecule has 0 bridgehead atoms. The highest BCUT2D eigenvalue weighted by atomic mass is 16.1. The molecule has 3 nitrogen and oxygen atoms in total. The van der Waals surface area contributed by atoms with Crippen LogP contribution in [0.25, 0.3) is 6.08 Å². The van der Waals surface area contributed by atoms with Crippen LogP contribution < -0.4 is 11.1 Å². The predicted octanol–water partition coefficient (Wildman–Crippen LogP) is 2.83. The lowest BCUT2D eigenvalue weighted by atomic mass is 9.90. The molecule has 0 radical (unpaired) electrons. The van der Waals surface area contributed by atoms with E-state index in [1.165, 1.54) is 0 Å². The molecule has 0 saturated heterocycles. The van der Waals surface area contributed by atoms with E-state index in [4.69, 9.17) is 5.73 Å². The molecule has 98 valence electrons. The smallest absolute Gasteiger partial charge is 0.244 e. The van der Waals surface area contributed by atoms with Gasteiger partial charge in [0.05, 0.1) is 0 Å². The Balaban J connectivity index is 2.47. The van der Waals surface area contributed by atoms with Gasteiger partial charge in [0.2, 0.25) is 5.91 Å². The van der Waals surface area contributed by atoms with Crippen LogP contribution in [0, 0.1) is 5.41 Å². The summed E-state index contributed by atoms with van der Waals surface area (Å²) in [6, 6.07) is 7.40. The molecule has 1 rings (SSSR count). The molecule has 1 amide bonds. The number of hydrogen-bond donors (Lipinski definition) is 2. The Kier molecular flexibility index (Phi) is 4.95. The normalized spacial score (nSPS) is 11.7. The zero-order valence-electron chi connectivity index (χ0n) is 11.4. The summed E-state index contributed by atoms with van der Waals surface area (Å²) in [5, 5.41) is 2.91. The summed E-state index contributed by atoms with van der Waals surface area (Å²) in [4.78, 5) is 11.6. The molecule has 0 aliphatic rings. The van der Waals surface area contributed by atoms with Crippen LogP contribution in [0.4, 0.5) is 5.69 Å². The number of nitrogen functional groups attached to an aromatic ring is 1. The van der Waals surface area contributed by atoms with Gasteiger partial charge in [-0.2, -0.15) is 0 Å². The molecule has 0 fully saturated rings. The molecular formula is C15H22N2O. The number of nitrogens with one attached hydrogen (secondary N) is 1. The van der Waals surface area contributed by atoms with Gasteiger partial charge < -0.3 is 11.1 Å². The first-order valence-electron chi connectivity index (χ1n) is 6.24. The van der Waals surface area contributed by atoms with Crippen LogP contribution in [0.3, 0.4) is 0 Å². The molecule has 1 aromatic carbocycles. The number of carbonyl (C=O) groups excluding carboxylic acids is 1. The molecule has 0 aliphatic heterocycles. The quantitative estimate of drug-likeness (QED) is 0.620. The van der Waals surface area contributed by atoms with Gasteiger partial charge in [-0.3, -0.25) is 4.79 Å². The largest absolute Gasteiger partial charge is 0.399 e. The van der Waals surface area contributed by atoms with Gasteiger partial charge in [-0.05, 0) is 35.6 Å². The lowest BCUT2D eigenvalue weighted by Gasteiger charge is -2.22. The van der Waals surface area contributed by atoms with Crippen molar-refractivity contribution in [3.05, 3.63) is 35.9 Å². The molecule has 3 heteroatoms. The van der Waals surface area contributed by atoms with E-state index < -0.39 is 0 Å². The van der Waals surface area contributed by atoms with E-state index in [9.17, 15) is 4.79 Å². The zero-order chi connectivity index (χ0) is 13.6. The number of benzene rings is 1. The monoisotopic (exact) mass is 246 g/mol. The predicted molar refractivity (Wildman–Crippen MR) is 77.0 cm³/mol. The highest BCUT2D eigenvalue weighted by Crippen LogP contribution is 2.17. The molecule has 0 aliphatic carbocycles. The molecule has 3 N–H and O–H groups in total. The van der Waals surface area contributed by atoms with Gasteiger partial charge >= 0.3 is 0 Å². The van der Waals surface area contributed by atoms with Gasteiger partial charge in [-0.1, -0.05) is 32.9 Å². The topological polar surface area (TPSA) is 55.1 Å². The first kappa shape index (κ1) is 14.3. The van der Waals surface area contributed by atoms with Crippen molar-refractivity contribution >= 4 is 17.7 Å².